The monoisotopic (exact) mass is 505 g/mol. The van der Waals surface area contributed by atoms with Gasteiger partial charge in [-0.2, -0.15) is 0 Å². The first-order valence-electron chi connectivity index (χ1n) is 12.2. The van der Waals surface area contributed by atoms with Crippen molar-refractivity contribution in [2.24, 2.45) is 5.73 Å². The third-order valence-corrected chi connectivity index (χ3v) is 6.49. The fraction of sp³-hybridized carbons (Fsp3) is 0.310. The Morgan fingerprint density at radius 1 is 0.919 bits per heavy atom. The predicted octanol–water partition coefficient (Wildman–Crippen LogP) is 4.69. The van der Waals surface area contributed by atoms with Gasteiger partial charge in [-0.3, -0.25) is 4.79 Å². The first kappa shape index (κ1) is 26.0. The van der Waals surface area contributed by atoms with E-state index in [9.17, 15) is 9.59 Å². The summed E-state index contributed by atoms with van der Waals surface area (Å²) in [6.45, 7) is 0.486. The number of carbonyl (C=O) groups excluding carboxylic acids is 1. The molecular weight excluding hydrogens is 474 g/mol. The van der Waals surface area contributed by atoms with Crippen LogP contribution in [0.1, 0.15) is 47.9 Å². The molecule has 4 rings (SSSR count). The lowest BCUT2D eigenvalue weighted by molar-refractivity contribution is -0.145. The Labute approximate surface area is 215 Å². The highest BCUT2D eigenvalue weighted by atomic mass is 16.5. The Bertz CT molecular complexity index is 1200. The molecule has 0 amide bonds. The standard InChI is InChI=1S/C29H31NO7/c1-34-24-15-18(36-14-8-7-13-26(31)32)16-25(35-2)27(24)28(30)29(33)37-17-23-21-11-5-3-9-19(21)20-10-4-6-12-22(20)23/h3-6,9-12,15-16,23,28H,7-8,13-14,17,30H2,1-2H3,(H,31,32). The number of benzene rings is 3. The number of carbonyl (C=O) groups is 2. The van der Waals surface area contributed by atoms with Crippen LogP contribution >= 0.6 is 0 Å². The Morgan fingerprint density at radius 2 is 1.49 bits per heavy atom. The van der Waals surface area contributed by atoms with E-state index in [1.807, 2.05) is 24.3 Å². The molecule has 0 radical (unpaired) electrons. The maximum absolute atomic E-state index is 13.1. The summed E-state index contributed by atoms with van der Waals surface area (Å²) in [5.74, 6) is -0.380. The minimum atomic E-state index is -1.14. The highest BCUT2D eigenvalue weighted by Crippen LogP contribution is 2.45. The van der Waals surface area contributed by atoms with Gasteiger partial charge in [0, 0.05) is 24.5 Å². The second-order valence-electron chi connectivity index (χ2n) is 8.78. The van der Waals surface area contributed by atoms with Gasteiger partial charge in [0.2, 0.25) is 0 Å². The number of hydrogen-bond acceptors (Lipinski definition) is 7. The number of ether oxygens (including phenoxy) is 4. The molecule has 0 saturated carbocycles. The SMILES string of the molecule is COc1cc(OCCCCC(=O)O)cc(OC)c1C(N)C(=O)OCC1c2ccccc2-c2ccccc21. The van der Waals surface area contributed by atoms with Gasteiger partial charge in [0.15, 0.2) is 0 Å². The van der Waals surface area contributed by atoms with Crippen LogP contribution in [-0.2, 0) is 14.3 Å². The summed E-state index contributed by atoms with van der Waals surface area (Å²) in [6.07, 6.45) is 1.18. The van der Waals surface area contributed by atoms with Crippen molar-refractivity contribution in [3.63, 3.8) is 0 Å². The Balaban J connectivity index is 1.47. The van der Waals surface area contributed by atoms with Crippen LogP contribution in [0.2, 0.25) is 0 Å². The summed E-state index contributed by atoms with van der Waals surface area (Å²) in [5.41, 5.74) is 11.2. The van der Waals surface area contributed by atoms with Crippen molar-refractivity contribution >= 4 is 11.9 Å². The molecule has 0 bridgehead atoms. The number of unbranched alkanes of at least 4 members (excludes halogenated alkanes) is 1. The minimum Gasteiger partial charge on any atom is -0.496 e. The van der Waals surface area contributed by atoms with Gasteiger partial charge in [0.05, 0.1) is 26.4 Å². The van der Waals surface area contributed by atoms with Crippen LogP contribution in [0.5, 0.6) is 17.2 Å². The average Bonchev–Trinajstić information content (AvgIpc) is 3.24. The molecule has 1 atom stereocenters. The lowest BCUT2D eigenvalue weighted by Crippen LogP contribution is -2.26. The molecule has 37 heavy (non-hydrogen) atoms. The Morgan fingerprint density at radius 3 is 2.03 bits per heavy atom. The van der Waals surface area contributed by atoms with E-state index < -0.39 is 18.0 Å². The number of methoxy groups -OCH3 is 2. The molecule has 3 N–H and O–H groups in total. The third kappa shape index (κ3) is 5.70. The average molecular weight is 506 g/mol. The number of esters is 1. The van der Waals surface area contributed by atoms with Crippen LogP contribution in [0.25, 0.3) is 11.1 Å². The van der Waals surface area contributed by atoms with Gasteiger partial charge in [0.1, 0.15) is 29.9 Å². The molecule has 3 aromatic carbocycles. The topological polar surface area (TPSA) is 117 Å². The van der Waals surface area contributed by atoms with Crippen molar-refractivity contribution in [2.75, 3.05) is 27.4 Å². The van der Waals surface area contributed by atoms with Crippen molar-refractivity contribution in [1.82, 2.24) is 0 Å². The van der Waals surface area contributed by atoms with Crippen LogP contribution in [0.4, 0.5) is 0 Å². The highest BCUT2D eigenvalue weighted by molar-refractivity contribution is 5.81. The number of carboxylic acids is 1. The molecule has 0 aromatic heterocycles. The van der Waals surface area contributed by atoms with Crippen molar-refractivity contribution < 1.29 is 33.6 Å². The van der Waals surface area contributed by atoms with E-state index >= 15 is 0 Å². The predicted molar refractivity (Wildman–Crippen MR) is 138 cm³/mol. The molecule has 0 spiro atoms. The third-order valence-electron chi connectivity index (χ3n) is 6.49. The van der Waals surface area contributed by atoms with E-state index in [2.05, 4.69) is 24.3 Å². The molecule has 0 fully saturated rings. The second-order valence-corrected chi connectivity index (χ2v) is 8.78. The normalized spacial score (nSPS) is 12.8. The number of fused-ring (bicyclic) bond motifs is 3. The highest BCUT2D eigenvalue weighted by Gasteiger charge is 2.31. The molecule has 0 aliphatic heterocycles. The number of aliphatic carboxylic acids is 1. The van der Waals surface area contributed by atoms with Crippen molar-refractivity contribution in [3.8, 4) is 28.4 Å². The number of hydrogen-bond donors (Lipinski definition) is 2. The van der Waals surface area contributed by atoms with Crippen LogP contribution in [0.3, 0.4) is 0 Å². The molecule has 1 aliphatic rings. The van der Waals surface area contributed by atoms with Gasteiger partial charge in [-0.05, 0) is 35.1 Å². The maximum Gasteiger partial charge on any atom is 0.327 e. The van der Waals surface area contributed by atoms with E-state index in [0.29, 0.717) is 42.3 Å². The van der Waals surface area contributed by atoms with E-state index in [4.69, 9.17) is 29.8 Å². The molecule has 8 heteroatoms. The maximum atomic E-state index is 13.1. The zero-order valence-corrected chi connectivity index (χ0v) is 20.9. The molecule has 3 aromatic rings. The van der Waals surface area contributed by atoms with E-state index in [-0.39, 0.29) is 18.9 Å². The Kier molecular flexibility index (Phi) is 8.30. The van der Waals surface area contributed by atoms with Gasteiger partial charge < -0.3 is 29.8 Å². The van der Waals surface area contributed by atoms with Gasteiger partial charge >= 0.3 is 11.9 Å². The number of carboxylic acid groups (broad SMARTS) is 1. The first-order chi connectivity index (χ1) is 17.9. The quantitative estimate of drug-likeness (QED) is 0.269. The molecule has 0 saturated heterocycles. The summed E-state index contributed by atoms with van der Waals surface area (Å²) in [7, 11) is 2.94. The van der Waals surface area contributed by atoms with Gasteiger partial charge in [-0.25, -0.2) is 4.79 Å². The van der Waals surface area contributed by atoms with Crippen LogP contribution in [-0.4, -0.2) is 44.5 Å². The number of rotatable bonds is 12. The van der Waals surface area contributed by atoms with Crippen LogP contribution in [0, 0.1) is 0 Å². The van der Waals surface area contributed by atoms with E-state index in [0.717, 1.165) is 22.3 Å². The van der Waals surface area contributed by atoms with E-state index in [1.54, 1.807) is 12.1 Å². The summed E-state index contributed by atoms with van der Waals surface area (Å²) < 4.78 is 22.5. The lowest BCUT2D eigenvalue weighted by atomic mass is 9.98. The van der Waals surface area contributed by atoms with E-state index in [1.165, 1.54) is 14.2 Å². The summed E-state index contributed by atoms with van der Waals surface area (Å²) in [4.78, 5) is 23.8. The van der Waals surface area contributed by atoms with Gasteiger partial charge in [0.25, 0.3) is 0 Å². The fourth-order valence-electron chi connectivity index (χ4n) is 4.69. The van der Waals surface area contributed by atoms with Gasteiger partial charge in [-0.15, -0.1) is 0 Å². The van der Waals surface area contributed by atoms with Crippen LogP contribution in [0.15, 0.2) is 60.7 Å². The molecule has 8 nitrogen and oxygen atoms in total. The van der Waals surface area contributed by atoms with Crippen LogP contribution < -0.4 is 19.9 Å². The zero-order chi connectivity index (χ0) is 26.4. The Hall–Kier alpha value is -4.04. The summed E-state index contributed by atoms with van der Waals surface area (Å²) in [5, 5.41) is 8.76. The molecule has 0 heterocycles. The summed E-state index contributed by atoms with van der Waals surface area (Å²) in [6, 6.07) is 18.4. The van der Waals surface area contributed by atoms with Crippen molar-refractivity contribution in [1.29, 1.82) is 0 Å². The fourth-order valence-corrected chi connectivity index (χ4v) is 4.69. The molecule has 1 unspecified atom stereocenters. The van der Waals surface area contributed by atoms with Crippen molar-refractivity contribution in [2.45, 2.75) is 31.2 Å². The molecular formula is C29H31NO7. The molecule has 194 valence electrons. The minimum absolute atomic E-state index is 0.0794. The number of nitrogens with two attached hydrogens (primary N) is 1. The lowest BCUT2D eigenvalue weighted by Gasteiger charge is -2.21. The zero-order valence-electron chi connectivity index (χ0n) is 20.9. The first-order valence-corrected chi connectivity index (χ1v) is 12.2. The largest absolute Gasteiger partial charge is 0.496 e. The smallest absolute Gasteiger partial charge is 0.327 e. The van der Waals surface area contributed by atoms with Gasteiger partial charge in [-0.1, -0.05) is 48.5 Å². The second kappa shape index (κ2) is 11.8. The van der Waals surface area contributed by atoms with Crippen molar-refractivity contribution in [3.05, 3.63) is 77.4 Å². The summed E-state index contributed by atoms with van der Waals surface area (Å²) >= 11 is 0. The molecule has 1 aliphatic carbocycles.